The van der Waals surface area contributed by atoms with Crippen molar-refractivity contribution in [2.75, 3.05) is 40.3 Å². The molecule has 2 fully saturated rings. The third-order valence-corrected chi connectivity index (χ3v) is 4.52. The van der Waals surface area contributed by atoms with Crippen LogP contribution in [0.25, 0.3) is 0 Å². The monoisotopic (exact) mass is 282 g/mol. The number of rotatable bonds is 3. The van der Waals surface area contributed by atoms with E-state index in [2.05, 4.69) is 39.6 Å². The molecule has 1 heterocycles. The van der Waals surface area contributed by atoms with E-state index in [1.165, 1.54) is 32.1 Å². The molecule has 1 saturated carbocycles. The normalized spacial score (nSPS) is 27.6. The summed E-state index contributed by atoms with van der Waals surface area (Å²) in [5.74, 6) is 6.35. The van der Waals surface area contributed by atoms with Crippen molar-refractivity contribution in [1.82, 2.24) is 20.5 Å². The summed E-state index contributed by atoms with van der Waals surface area (Å²) in [7, 11) is 4.35. The van der Waals surface area contributed by atoms with Crippen LogP contribution in [0.4, 0.5) is 0 Å². The van der Waals surface area contributed by atoms with Gasteiger partial charge in [0.15, 0.2) is 0 Å². The summed E-state index contributed by atoms with van der Waals surface area (Å²) in [4.78, 5) is 9.40. The minimum atomic E-state index is 0.477. The number of aliphatic imine (C=N–C) groups is 1. The summed E-state index contributed by atoms with van der Waals surface area (Å²) < 4.78 is 0. The molecule has 4 N–H and O–H groups in total. The first-order valence-corrected chi connectivity index (χ1v) is 7.85. The molecule has 0 radical (unpaired) electrons. The maximum absolute atomic E-state index is 5.60. The Hall–Kier alpha value is -0.850. The van der Waals surface area contributed by atoms with E-state index in [-0.39, 0.29) is 0 Å². The van der Waals surface area contributed by atoms with Crippen molar-refractivity contribution in [1.29, 1.82) is 0 Å². The summed E-state index contributed by atoms with van der Waals surface area (Å²) in [5, 5.41) is 3.45. The van der Waals surface area contributed by atoms with E-state index in [1.807, 2.05) is 0 Å². The molecule has 2 aliphatic rings. The number of guanidine groups is 1. The van der Waals surface area contributed by atoms with Crippen LogP contribution in [0.1, 0.15) is 32.1 Å². The van der Waals surface area contributed by atoms with Gasteiger partial charge in [0.25, 0.3) is 0 Å². The molecule has 1 saturated heterocycles. The predicted octanol–water partition coefficient (Wildman–Crippen LogP) is -0.0262. The van der Waals surface area contributed by atoms with Crippen LogP contribution in [0.2, 0.25) is 0 Å². The first-order valence-electron chi connectivity index (χ1n) is 7.85. The topological polar surface area (TPSA) is 68.9 Å². The van der Waals surface area contributed by atoms with Crippen molar-refractivity contribution in [2.24, 2.45) is 10.8 Å². The van der Waals surface area contributed by atoms with Gasteiger partial charge >= 0.3 is 0 Å². The molecular weight excluding hydrogens is 252 g/mol. The predicted molar refractivity (Wildman–Crippen MR) is 83.5 cm³/mol. The van der Waals surface area contributed by atoms with Crippen molar-refractivity contribution in [2.45, 2.75) is 44.2 Å². The van der Waals surface area contributed by atoms with Crippen LogP contribution < -0.4 is 16.6 Å². The Bertz CT molecular complexity index is 313. The second kappa shape index (κ2) is 7.81. The Kier molecular flexibility index (Phi) is 6.06. The van der Waals surface area contributed by atoms with Crippen LogP contribution in [0.15, 0.2) is 4.99 Å². The molecule has 1 aliphatic carbocycles. The SMILES string of the molecule is CN1CCN(C)C(CN=C(NN)NC2CCCCC2)C1. The molecule has 1 unspecified atom stereocenters. The van der Waals surface area contributed by atoms with Gasteiger partial charge in [-0.1, -0.05) is 19.3 Å². The minimum absolute atomic E-state index is 0.477. The quantitative estimate of drug-likeness (QED) is 0.294. The molecule has 6 nitrogen and oxygen atoms in total. The summed E-state index contributed by atoms with van der Waals surface area (Å²) in [5.41, 5.74) is 2.72. The number of hydrazine groups is 1. The highest BCUT2D eigenvalue weighted by atomic mass is 15.3. The molecule has 0 aromatic carbocycles. The molecule has 0 aromatic rings. The minimum Gasteiger partial charge on any atom is -0.353 e. The molecule has 116 valence electrons. The molecule has 6 heteroatoms. The fourth-order valence-electron chi connectivity index (χ4n) is 3.07. The first kappa shape index (κ1) is 15.5. The largest absolute Gasteiger partial charge is 0.353 e. The maximum atomic E-state index is 5.60. The van der Waals surface area contributed by atoms with Gasteiger partial charge in [0.2, 0.25) is 5.96 Å². The molecule has 0 aromatic heterocycles. The smallest absolute Gasteiger partial charge is 0.206 e. The van der Waals surface area contributed by atoms with Crippen LogP contribution in [0.3, 0.4) is 0 Å². The van der Waals surface area contributed by atoms with Crippen LogP contribution in [-0.4, -0.2) is 68.1 Å². The van der Waals surface area contributed by atoms with Crippen molar-refractivity contribution >= 4 is 5.96 Å². The average molecular weight is 282 g/mol. The number of nitrogens with zero attached hydrogens (tertiary/aromatic N) is 3. The van der Waals surface area contributed by atoms with Crippen molar-refractivity contribution in [3.8, 4) is 0 Å². The van der Waals surface area contributed by atoms with Crippen molar-refractivity contribution < 1.29 is 0 Å². The fourth-order valence-corrected chi connectivity index (χ4v) is 3.07. The zero-order valence-electron chi connectivity index (χ0n) is 12.9. The second-order valence-corrected chi connectivity index (χ2v) is 6.21. The second-order valence-electron chi connectivity index (χ2n) is 6.21. The van der Waals surface area contributed by atoms with Gasteiger partial charge < -0.3 is 10.2 Å². The van der Waals surface area contributed by atoms with Crippen LogP contribution in [0, 0.1) is 0 Å². The van der Waals surface area contributed by atoms with Gasteiger partial charge in [-0.05, 0) is 26.9 Å². The van der Waals surface area contributed by atoms with Crippen molar-refractivity contribution in [3.05, 3.63) is 0 Å². The first-order chi connectivity index (χ1) is 9.69. The Morgan fingerprint density at radius 1 is 1.20 bits per heavy atom. The van der Waals surface area contributed by atoms with Crippen LogP contribution in [0.5, 0.6) is 0 Å². The molecule has 0 bridgehead atoms. The number of hydrogen-bond acceptors (Lipinski definition) is 4. The summed E-state index contributed by atoms with van der Waals surface area (Å²) in [6.07, 6.45) is 6.44. The highest BCUT2D eigenvalue weighted by Gasteiger charge is 2.22. The molecule has 0 spiro atoms. The maximum Gasteiger partial charge on any atom is 0.206 e. The summed E-state index contributed by atoms with van der Waals surface area (Å²) >= 11 is 0. The van der Waals surface area contributed by atoms with Crippen LogP contribution in [-0.2, 0) is 0 Å². The number of likely N-dealkylation sites (N-methyl/N-ethyl adjacent to an activating group) is 2. The van der Waals surface area contributed by atoms with E-state index in [9.17, 15) is 0 Å². The van der Waals surface area contributed by atoms with Crippen LogP contribution >= 0.6 is 0 Å². The van der Waals surface area contributed by atoms with E-state index >= 15 is 0 Å². The number of hydrogen-bond donors (Lipinski definition) is 3. The lowest BCUT2D eigenvalue weighted by Gasteiger charge is -2.37. The fraction of sp³-hybridized carbons (Fsp3) is 0.929. The Labute approximate surface area is 122 Å². The summed E-state index contributed by atoms with van der Waals surface area (Å²) in [6.45, 7) is 4.11. The average Bonchev–Trinajstić information content (AvgIpc) is 2.47. The van der Waals surface area contributed by atoms with Gasteiger partial charge in [-0.3, -0.25) is 15.3 Å². The van der Waals surface area contributed by atoms with E-state index in [1.54, 1.807) is 0 Å². The van der Waals surface area contributed by atoms with Gasteiger partial charge in [-0.15, -0.1) is 0 Å². The third-order valence-electron chi connectivity index (χ3n) is 4.52. The Morgan fingerprint density at radius 2 is 1.95 bits per heavy atom. The Balaban J connectivity index is 1.83. The third kappa shape index (κ3) is 4.61. The molecule has 0 amide bonds. The molecule has 1 aliphatic heterocycles. The lowest BCUT2D eigenvalue weighted by molar-refractivity contribution is 0.119. The van der Waals surface area contributed by atoms with E-state index in [4.69, 9.17) is 5.84 Å². The van der Waals surface area contributed by atoms with E-state index < -0.39 is 0 Å². The van der Waals surface area contributed by atoms with Gasteiger partial charge in [-0.25, -0.2) is 5.84 Å². The highest BCUT2D eigenvalue weighted by molar-refractivity contribution is 5.79. The molecule has 2 rings (SSSR count). The van der Waals surface area contributed by atoms with E-state index in [0.29, 0.717) is 12.1 Å². The molecule has 20 heavy (non-hydrogen) atoms. The van der Waals surface area contributed by atoms with Gasteiger partial charge in [-0.2, -0.15) is 0 Å². The summed E-state index contributed by atoms with van der Waals surface area (Å²) in [6, 6.07) is 1.01. The van der Waals surface area contributed by atoms with Gasteiger partial charge in [0, 0.05) is 31.7 Å². The zero-order chi connectivity index (χ0) is 14.4. The Morgan fingerprint density at radius 3 is 2.65 bits per heavy atom. The standard InChI is InChI=1S/C14H30N6/c1-19-8-9-20(2)13(11-19)10-16-14(18-15)17-12-6-4-3-5-7-12/h12-13H,3-11,15H2,1-2H3,(H2,16,17,18). The highest BCUT2D eigenvalue weighted by Crippen LogP contribution is 2.17. The molecular formula is C14H30N6. The van der Waals surface area contributed by atoms with Gasteiger partial charge in [0.05, 0.1) is 6.54 Å². The lowest BCUT2D eigenvalue weighted by atomic mass is 9.96. The zero-order valence-corrected chi connectivity index (χ0v) is 12.9. The lowest BCUT2D eigenvalue weighted by Crippen LogP contribution is -2.52. The number of nitrogens with one attached hydrogen (secondary N) is 2. The van der Waals surface area contributed by atoms with Crippen molar-refractivity contribution in [3.63, 3.8) is 0 Å². The van der Waals surface area contributed by atoms with Gasteiger partial charge in [0.1, 0.15) is 0 Å². The number of nitrogens with two attached hydrogens (primary N) is 1. The molecule has 1 atom stereocenters. The van der Waals surface area contributed by atoms with E-state index in [0.717, 1.165) is 32.1 Å². The number of piperazine rings is 1.